The summed E-state index contributed by atoms with van der Waals surface area (Å²) >= 11 is 0. The Hall–Kier alpha value is -3.33. The van der Waals surface area contributed by atoms with E-state index in [1.54, 1.807) is 18.3 Å². The van der Waals surface area contributed by atoms with Crippen LogP contribution in [-0.4, -0.2) is 29.4 Å². The van der Waals surface area contributed by atoms with E-state index in [2.05, 4.69) is 11.1 Å². The van der Waals surface area contributed by atoms with Crippen molar-refractivity contribution in [1.29, 1.82) is 5.26 Å². The molecular weight excluding hydrogens is 304 g/mol. The molecule has 0 unspecified atom stereocenters. The fourth-order valence-corrected chi connectivity index (χ4v) is 2.41. The molecule has 0 aromatic carbocycles. The zero-order chi connectivity index (χ0) is 17.1. The smallest absolute Gasteiger partial charge is 0.340 e. The van der Waals surface area contributed by atoms with Gasteiger partial charge >= 0.3 is 5.97 Å². The minimum Gasteiger partial charge on any atom is -0.457 e. The molecule has 0 bridgehead atoms. The first-order valence-electron chi connectivity index (χ1n) is 7.39. The number of pyridine rings is 2. The van der Waals surface area contributed by atoms with Crippen molar-refractivity contribution in [1.82, 2.24) is 9.38 Å². The van der Waals surface area contributed by atoms with Gasteiger partial charge in [0.05, 0.1) is 16.6 Å². The average molecular weight is 320 g/mol. The maximum Gasteiger partial charge on any atom is 0.340 e. The van der Waals surface area contributed by atoms with Gasteiger partial charge in [-0.3, -0.25) is 0 Å². The van der Waals surface area contributed by atoms with E-state index in [1.807, 2.05) is 47.8 Å². The Morgan fingerprint density at radius 3 is 2.83 bits per heavy atom. The van der Waals surface area contributed by atoms with Crippen LogP contribution in [0.5, 0.6) is 0 Å². The van der Waals surface area contributed by atoms with Gasteiger partial charge in [0.25, 0.3) is 0 Å². The van der Waals surface area contributed by atoms with Gasteiger partial charge in [0.2, 0.25) is 0 Å². The van der Waals surface area contributed by atoms with Crippen LogP contribution in [0.4, 0.5) is 5.82 Å². The number of carbonyl (C=O) groups is 1. The van der Waals surface area contributed by atoms with Crippen LogP contribution < -0.4 is 4.90 Å². The second-order valence-corrected chi connectivity index (χ2v) is 5.51. The van der Waals surface area contributed by atoms with Gasteiger partial charge in [-0.2, -0.15) is 5.26 Å². The van der Waals surface area contributed by atoms with Crippen molar-refractivity contribution in [3.05, 3.63) is 65.6 Å². The van der Waals surface area contributed by atoms with Gasteiger partial charge in [0.15, 0.2) is 0 Å². The first kappa shape index (κ1) is 15.6. The van der Waals surface area contributed by atoms with E-state index in [4.69, 9.17) is 4.74 Å². The number of nitriles is 1. The molecule has 0 saturated carbocycles. The predicted octanol–water partition coefficient (Wildman–Crippen LogP) is 2.63. The van der Waals surface area contributed by atoms with E-state index in [1.165, 1.54) is 6.20 Å². The third-order valence-corrected chi connectivity index (χ3v) is 3.67. The van der Waals surface area contributed by atoms with Gasteiger partial charge in [-0.05, 0) is 24.3 Å². The molecule has 6 heteroatoms. The van der Waals surface area contributed by atoms with Crippen molar-refractivity contribution in [2.24, 2.45) is 0 Å². The molecule has 120 valence electrons. The monoisotopic (exact) mass is 320 g/mol. The van der Waals surface area contributed by atoms with Crippen LogP contribution >= 0.6 is 0 Å². The molecule has 3 aromatic heterocycles. The topological polar surface area (TPSA) is 70.6 Å². The normalized spacial score (nSPS) is 10.4. The quantitative estimate of drug-likeness (QED) is 0.691. The molecule has 0 atom stereocenters. The summed E-state index contributed by atoms with van der Waals surface area (Å²) in [6, 6.07) is 11.2. The highest BCUT2D eigenvalue weighted by Crippen LogP contribution is 2.19. The summed E-state index contributed by atoms with van der Waals surface area (Å²) in [5.41, 5.74) is 2.37. The van der Waals surface area contributed by atoms with Crippen molar-refractivity contribution in [2.75, 3.05) is 19.0 Å². The largest absolute Gasteiger partial charge is 0.457 e. The second kappa shape index (κ2) is 6.42. The van der Waals surface area contributed by atoms with Gasteiger partial charge in [0, 0.05) is 38.2 Å². The van der Waals surface area contributed by atoms with Gasteiger partial charge < -0.3 is 14.0 Å². The highest BCUT2D eigenvalue weighted by Gasteiger charge is 2.13. The molecule has 0 aliphatic carbocycles. The fraction of sp³-hybridized carbons (Fsp3) is 0.167. The Morgan fingerprint density at radius 1 is 1.33 bits per heavy atom. The molecule has 0 amide bonds. The lowest BCUT2D eigenvalue weighted by Gasteiger charge is -2.11. The minimum absolute atomic E-state index is 0.0405. The van der Waals surface area contributed by atoms with Crippen molar-refractivity contribution < 1.29 is 9.53 Å². The van der Waals surface area contributed by atoms with E-state index in [-0.39, 0.29) is 6.61 Å². The summed E-state index contributed by atoms with van der Waals surface area (Å²) in [4.78, 5) is 18.2. The SMILES string of the molecule is CN(C)c1ccc(C(=O)OCc2cn3ccccc3c2C#N)cn1. The van der Waals surface area contributed by atoms with Crippen molar-refractivity contribution >= 4 is 17.3 Å². The standard InChI is InChI=1S/C18H16N4O2/c1-21(2)17-7-6-13(10-20-17)18(23)24-12-14-11-22-8-4-3-5-16(22)15(14)9-19/h3-8,10-11H,12H2,1-2H3. The molecule has 24 heavy (non-hydrogen) atoms. The van der Waals surface area contributed by atoms with E-state index < -0.39 is 5.97 Å². The number of hydrogen-bond acceptors (Lipinski definition) is 5. The van der Waals surface area contributed by atoms with E-state index in [0.717, 1.165) is 11.3 Å². The van der Waals surface area contributed by atoms with Crippen LogP contribution in [0, 0.1) is 11.3 Å². The van der Waals surface area contributed by atoms with Crippen LogP contribution in [0.25, 0.3) is 5.52 Å². The zero-order valence-electron chi connectivity index (χ0n) is 13.4. The lowest BCUT2D eigenvalue weighted by atomic mass is 10.2. The van der Waals surface area contributed by atoms with Gasteiger partial charge in [-0.1, -0.05) is 6.07 Å². The zero-order valence-corrected chi connectivity index (χ0v) is 13.4. The second-order valence-electron chi connectivity index (χ2n) is 5.51. The number of aromatic nitrogens is 2. The number of rotatable bonds is 4. The number of nitrogens with zero attached hydrogens (tertiary/aromatic N) is 4. The van der Waals surface area contributed by atoms with E-state index >= 15 is 0 Å². The Labute approximate surface area is 139 Å². The first-order chi connectivity index (χ1) is 11.6. The number of hydrogen-bond donors (Lipinski definition) is 0. The molecule has 3 rings (SSSR count). The molecule has 0 aliphatic heterocycles. The van der Waals surface area contributed by atoms with Gasteiger partial charge in [-0.25, -0.2) is 9.78 Å². The number of ether oxygens (including phenoxy) is 1. The number of fused-ring (bicyclic) bond motifs is 1. The van der Waals surface area contributed by atoms with Crippen molar-refractivity contribution in [3.8, 4) is 6.07 Å². The molecule has 0 aliphatic rings. The summed E-state index contributed by atoms with van der Waals surface area (Å²) in [6.45, 7) is 0.0405. The molecule has 0 saturated heterocycles. The Kier molecular flexibility index (Phi) is 4.17. The van der Waals surface area contributed by atoms with E-state index in [9.17, 15) is 10.1 Å². The highest BCUT2D eigenvalue weighted by molar-refractivity contribution is 5.89. The van der Waals surface area contributed by atoms with Crippen LogP contribution in [-0.2, 0) is 11.3 Å². The summed E-state index contributed by atoms with van der Waals surface area (Å²) in [5.74, 6) is 0.295. The summed E-state index contributed by atoms with van der Waals surface area (Å²) in [5, 5.41) is 9.35. The summed E-state index contributed by atoms with van der Waals surface area (Å²) in [6.07, 6.45) is 5.14. The predicted molar refractivity (Wildman–Crippen MR) is 89.8 cm³/mol. The molecule has 6 nitrogen and oxygen atoms in total. The molecule has 3 aromatic rings. The molecule has 0 spiro atoms. The van der Waals surface area contributed by atoms with Crippen molar-refractivity contribution in [3.63, 3.8) is 0 Å². The molecule has 3 heterocycles. The maximum absolute atomic E-state index is 12.1. The van der Waals surface area contributed by atoms with Gasteiger partial charge in [-0.15, -0.1) is 0 Å². The summed E-state index contributed by atoms with van der Waals surface area (Å²) in [7, 11) is 3.75. The minimum atomic E-state index is -0.466. The van der Waals surface area contributed by atoms with Crippen LogP contribution in [0.15, 0.2) is 48.9 Å². The van der Waals surface area contributed by atoms with Crippen LogP contribution in [0.2, 0.25) is 0 Å². The lowest BCUT2D eigenvalue weighted by Crippen LogP contribution is -2.11. The third-order valence-electron chi connectivity index (χ3n) is 3.67. The molecular formula is C18H16N4O2. The highest BCUT2D eigenvalue weighted by atomic mass is 16.5. The molecule has 0 N–H and O–H groups in total. The fourth-order valence-electron chi connectivity index (χ4n) is 2.41. The van der Waals surface area contributed by atoms with E-state index in [0.29, 0.717) is 16.7 Å². The Morgan fingerprint density at radius 2 is 2.17 bits per heavy atom. The molecule has 0 fully saturated rings. The molecule has 0 radical (unpaired) electrons. The Bertz CT molecular complexity index is 920. The average Bonchev–Trinajstić information content (AvgIpc) is 2.97. The van der Waals surface area contributed by atoms with Crippen molar-refractivity contribution in [2.45, 2.75) is 6.61 Å². The van der Waals surface area contributed by atoms with Crippen LogP contribution in [0.3, 0.4) is 0 Å². The third kappa shape index (κ3) is 2.92. The number of carbonyl (C=O) groups excluding carboxylic acids is 1. The Balaban J connectivity index is 1.76. The van der Waals surface area contributed by atoms with Gasteiger partial charge in [0.1, 0.15) is 18.5 Å². The number of anilines is 1. The van der Waals surface area contributed by atoms with Crippen LogP contribution in [0.1, 0.15) is 21.5 Å². The first-order valence-corrected chi connectivity index (χ1v) is 7.39. The lowest BCUT2D eigenvalue weighted by molar-refractivity contribution is 0.0472. The summed E-state index contributed by atoms with van der Waals surface area (Å²) < 4.78 is 7.17. The number of esters is 1. The maximum atomic E-state index is 12.1.